The molecule has 19 heavy (non-hydrogen) atoms. The molecule has 1 aliphatic rings. The van der Waals surface area contributed by atoms with Gasteiger partial charge in [0.15, 0.2) is 0 Å². The molecule has 0 aliphatic carbocycles. The van der Waals surface area contributed by atoms with Gasteiger partial charge in [0.2, 0.25) is 5.91 Å². The lowest BCUT2D eigenvalue weighted by Crippen LogP contribution is -2.42. The van der Waals surface area contributed by atoms with E-state index >= 15 is 0 Å². The van der Waals surface area contributed by atoms with Crippen molar-refractivity contribution in [3.05, 3.63) is 0 Å². The summed E-state index contributed by atoms with van der Waals surface area (Å²) < 4.78 is 37.4. The summed E-state index contributed by atoms with van der Waals surface area (Å²) in [5.41, 5.74) is 0. The Morgan fingerprint density at radius 1 is 1.32 bits per heavy atom. The Kier molecular flexibility index (Phi) is 6.10. The molecule has 1 amide bonds. The molecule has 1 N–H and O–H groups in total. The van der Waals surface area contributed by atoms with Crippen LogP contribution in [0.2, 0.25) is 0 Å². The van der Waals surface area contributed by atoms with Crippen molar-refractivity contribution in [3.8, 4) is 0 Å². The molecule has 0 unspecified atom stereocenters. The van der Waals surface area contributed by atoms with Crippen molar-refractivity contribution in [2.24, 2.45) is 5.92 Å². The average Bonchev–Trinajstić information content (AvgIpc) is 2.33. The van der Waals surface area contributed by atoms with Gasteiger partial charge in [-0.15, -0.1) is 0 Å². The lowest BCUT2D eigenvalue weighted by molar-refractivity contribution is -0.186. The molecule has 1 saturated heterocycles. The molecular weight excluding hydrogens is 257 g/mol. The molecule has 6 heteroatoms. The Bertz CT molecular complexity index is 284. The van der Waals surface area contributed by atoms with Crippen LogP contribution in [-0.2, 0) is 4.79 Å². The van der Waals surface area contributed by atoms with E-state index in [1.165, 1.54) is 0 Å². The molecule has 112 valence electrons. The number of rotatable bonds is 5. The predicted octanol–water partition coefficient (Wildman–Crippen LogP) is 2.57. The van der Waals surface area contributed by atoms with E-state index in [1.807, 2.05) is 13.8 Å². The predicted molar refractivity (Wildman–Crippen MR) is 67.7 cm³/mol. The number of carbonyl (C=O) groups excluding carboxylic acids is 1. The van der Waals surface area contributed by atoms with Crippen molar-refractivity contribution in [2.45, 2.75) is 51.7 Å². The van der Waals surface area contributed by atoms with Gasteiger partial charge in [0.25, 0.3) is 0 Å². The molecule has 0 aromatic rings. The number of nitrogens with zero attached hydrogens (tertiary/aromatic N) is 1. The monoisotopic (exact) mass is 280 g/mol. The van der Waals surface area contributed by atoms with Gasteiger partial charge >= 0.3 is 6.18 Å². The Morgan fingerprint density at radius 2 is 1.89 bits per heavy atom. The van der Waals surface area contributed by atoms with Crippen LogP contribution in [0.4, 0.5) is 13.2 Å². The summed E-state index contributed by atoms with van der Waals surface area (Å²) in [5.74, 6) is -1.26. The minimum absolute atomic E-state index is 0.0221. The van der Waals surface area contributed by atoms with Gasteiger partial charge in [0.05, 0.1) is 5.92 Å². The zero-order valence-electron chi connectivity index (χ0n) is 11.6. The van der Waals surface area contributed by atoms with Gasteiger partial charge in [-0.2, -0.15) is 13.2 Å². The topological polar surface area (TPSA) is 32.3 Å². The number of carbonyl (C=O) groups is 1. The summed E-state index contributed by atoms with van der Waals surface area (Å²) in [5, 5.41) is 3.21. The van der Waals surface area contributed by atoms with Crippen LogP contribution in [-0.4, -0.2) is 42.7 Å². The average molecular weight is 280 g/mol. The van der Waals surface area contributed by atoms with E-state index in [4.69, 9.17) is 0 Å². The first-order chi connectivity index (χ1) is 8.80. The Labute approximate surface area is 112 Å². The minimum atomic E-state index is -4.11. The Balaban J connectivity index is 2.22. The molecule has 0 radical (unpaired) electrons. The van der Waals surface area contributed by atoms with Gasteiger partial charge in [-0.3, -0.25) is 4.79 Å². The van der Waals surface area contributed by atoms with Crippen molar-refractivity contribution >= 4 is 5.91 Å². The highest BCUT2D eigenvalue weighted by molar-refractivity contribution is 5.76. The maximum absolute atomic E-state index is 12.5. The van der Waals surface area contributed by atoms with Gasteiger partial charge in [-0.05, 0) is 25.8 Å². The summed E-state index contributed by atoms with van der Waals surface area (Å²) in [7, 11) is 0. The third-order valence-electron chi connectivity index (χ3n) is 3.43. The first-order valence-electron chi connectivity index (χ1n) is 6.88. The van der Waals surface area contributed by atoms with Crippen LogP contribution in [0.25, 0.3) is 0 Å². The fraction of sp³-hybridized carbons (Fsp3) is 0.923. The maximum Gasteiger partial charge on any atom is 0.391 e. The molecule has 1 aliphatic heterocycles. The molecule has 0 bridgehead atoms. The second kappa shape index (κ2) is 7.12. The third kappa shape index (κ3) is 5.80. The summed E-state index contributed by atoms with van der Waals surface area (Å²) in [4.78, 5) is 13.4. The summed E-state index contributed by atoms with van der Waals surface area (Å²) >= 11 is 0. The molecule has 0 aromatic carbocycles. The van der Waals surface area contributed by atoms with Crippen molar-refractivity contribution in [2.75, 3.05) is 19.6 Å². The molecule has 0 atom stereocenters. The number of alkyl halides is 3. The number of nitrogens with one attached hydrogen (secondary N) is 1. The quantitative estimate of drug-likeness (QED) is 0.785. The van der Waals surface area contributed by atoms with Crippen LogP contribution in [0.15, 0.2) is 0 Å². The maximum atomic E-state index is 12.5. The standard InChI is InChI=1S/C13H23F3N2O/c1-10(2)17-7-3-4-12(19)18-8-5-11(6-9-18)13(14,15)16/h10-11,17H,3-9H2,1-2H3. The highest BCUT2D eigenvalue weighted by Gasteiger charge is 2.41. The zero-order valence-corrected chi connectivity index (χ0v) is 11.6. The first kappa shape index (κ1) is 16.3. The van der Waals surface area contributed by atoms with Crippen molar-refractivity contribution in [3.63, 3.8) is 0 Å². The molecule has 0 aromatic heterocycles. The summed E-state index contributed by atoms with van der Waals surface area (Å²) in [6, 6.07) is 0.387. The highest BCUT2D eigenvalue weighted by atomic mass is 19.4. The fourth-order valence-corrected chi connectivity index (χ4v) is 2.24. The van der Waals surface area contributed by atoms with Gasteiger partial charge < -0.3 is 10.2 Å². The lowest BCUT2D eigenvalue weighted by atomic mass is 9.96. The number of halogens is 3. The molecule has 1 heterocycles. The minimum Gasteiger partial charge on any atom is -0.343 e. The Morgan fingerprint density at radius 3 is 2.37 bits per heavy atom. The van der Waals surface area contributed by atoms with E-state index < -0.39 is 12.1 Å². The van der Waals surface area contributed by atoms with E-state index in [2.05, 4.69) is 5.32 Å². The SMILES string of the molecule is CC(C)NCCCC(=O)N1CCC(C(F)(F)F)CC1. The molecule has 3 nitrogen and oxygen atoms in total. The number of piperidine rings is 1. The van der Waals surface area contributed by atoms with E-state index in [9.17, 15) is 18.0 Å². The summed E-state index contributed by atoms with van der Waals surface area (Å²) in [6.07, 6.45) is -2.89. The van der Waals surface area contributed by atoms with E-state index in [-0.39, 0.29) is 31.8 Å². The number of hydrogen-bond acceptors (Lipinski definition) is 2. The third-order valence-corrected chi connectivity index (χ3v) is 3.43. The van der Waals surface area contributed by atoms with Gasteiger partial charge in [0.1, 0.15) is 0 Å². The molecule has 0 saturated carbocycles. The van der Waals surface area contributed by atoms with Crippen LogP contribution >= 0.6 is 0 Å². The molecule has 0 spiro atoms. The fourth-order valence-electron chi connectivity index (χ4n) is 2.24. The van der Waals surface area contributed by atoms with E-state index in [0.29, 0.717) is 12.5 Å². The normalized spacial score (nSPS) is 18.1. The number of likely N-dealkylation sites (tertiary alicyclic amines) is 1. The van der Waals surface area contributed by atoms with Crippen LogP contribution < -0.4 is 5.32 Å². The smallest absolute Gasteiger partial charge is 0.343 e. The van der Waals surface area contributed by atoms with Gasteiger partial charge in [-0.1, -0.05) is 13.8 Å². The van der Waals surface area contributed by atoms with E-state index in [0.717, 1.165) is 13.0 Å². The van der Waals surface area contributed by atoms with Crippen molar-refractivity contribution in [1.82, 2.24) is 10.2 Å². The highest BCUT2D eigenvalue weighted by Crippen LogP contribution is 2.34. The Hall–Kier alpha value is -0.780. The molecular formula is C13H23F3N2O. The molecule has 1 rings (SSSR count). The van der Waals surface area contributed by atoms with Crippen LogP contribution in [0.3, 0.4) is 0 Å². The largest absolute Gasteiger partial charge is 0.391 e. The van der Waals surface area contributed by atoms with Crippen molar-refractivity contribution < 1.29 is 18.0 Å². The van der Waals surface area contributed by atoms with Gasteiger partial charge in [-0.25, -0.2) is 0 Å². The van der Waals surface area contributed by atoms with E-state index in [1.54, 1.807) is 4.90 Å². The second-order valence-electron chi connectivity index (χ2n) is 5.41. The second-order valence-corrected chi connectivity index (χ2v) is 5.41. The number of amides is 1. The lowest BCUT2D eigenvalue weighted by Gasteiger charge is -2.33. The number of hydrogen-bond donors (Lipinski definition) is 1. The van der Waals surface area contributed by atoms with Crippen LogP contribution in [0, 0.1) is 5.92 Å². The van der Waals surface area contributed by atoms with Crippen LogP contribution in [0.5, 0.6) is 0 Å². The van der Waals surface area contributed by atoms with Gasteiger partial charge in [0, 0.05) is 25.6 Å². The molecule has 1 fully saturated rings. The summed E-state index contributed by atoms with van der Waals surface area (Å²) in [6.45, 7) is 5.30. The zero-order chi connectivity index (χ0) is 14.5. The van der Waals surface area contributed by atoms with Crippen LogP contribution in [0.1, 0.15) is 39.5 Å². The first-order valence-corrected chi connectivity index (χ1v) is 6.88. The van der Waals surface area contributed by atoms with Crippen molar-refractivity contribution in [1.29, 1.82) is 0 Å².